The van der Waals surface area contributed by atoms with Crippen molar-refractivity contribution in [3.05, 3.63) is 64.8 Å². The number of carbonyl (C=O) groups excluding carboxylic acids is 1. The fourth-order valence-corrected chi connectivity index (χ4v) is 2.63. The molecule has 0 aromatic heterocycles. The van der Waals surface area contributed by atoms with Crippen LogP contribution in [0.1, 0.15) is 77.1 Å². The first-order valence-electron chi connectivity index (χ1n) is 9.63. The van der Waals surface area contributed by atoms with Crippen LogP contribution in [-0.2, 0) is 0 Å². The van der Waals surface area contributed by atoms with Gasteiger partial charge in [-0.3, -0.25) is 4.79 Å². The molecular formula is C24H34O2. The standard InChI is InChI=1S/C24H34O2/c1-6-23(25)22-15-7-8-16-24(22)26-18-17-21(5)14-10-13-20(4)12-9-11-19(2)3/h7-8,11,13,15-17H,6,9-10,12,14,18H2,1-5H3/b20-13+,21-17+. The summed E-state index contributed by atoms with van der Waals surface area (Å²) in [7, 11) is 0. The molecular weight excluding hydrogens is 320 g/mol. The topological polar surface area (TPSA) is 26.3 Å². The first-order chi connectivity index (χ1) is 12.4. The van der Waals surface area contributed by atoms with Gasteiger partial charge in [-0.15, -0.1) is 0 Å². The van der Waals surface area contributed by atoms with Gasteiger partial charge in [-0.2, -0.15) is 0 Å². The molecule has 142 valence electrons. The van der Waals surface area contributed by atoms with Gasteiger partial charge in [0.15, 0.2) is 5.78 Å². The van der Waals surface area contributed by atoms with Crippen molar-refractivity contribution in [3.8, 4) is 5.75 Å². The zero-order chi connectivity index (χ0) is 19.4. The molecule has 0 fully saturated rings. The smallest absolute Gasteiger partial charge is 0.166 e. The number of Topliss-reactive ketones (excluding diaryl/α,β-unsaturated/α-hetero) is 1. The van der Waals surface area contributed by atoms with E-state index in [9.17, 15) is 4.79 Å². The summed E-state index contributed by atoms with van der Waals surface area (Å²) in [4.78, 5) is 11.9. The number of para-hydroxylation sites is 1. The average molecular weight is 355 g/mol. The number of allylic oxidation sites excluding steroid dienone is 5. The Morgan fingerprint density at radius 3 is 2.19 bits per heavy atom. The Labute approximate surface area is 159 Å². The first kappa shape index (κ1) is 22.0. The molecule has 0 N–H and O–H groups in total. The van der Waals surface area contributed by atoms with Gasteiger partial charge in [0, 0.05) is 6.42 Å². The van der Waals surface area contributed by atoms with Crippen molar-refractivity contribution in [1.82, 2.24) is 0 Å². The summed E-state index contributed by atoms with van der Waals surface area (Å²) >= 11 is 0. The third-order valence-electron chi connectivity index (χ3n) is 4.30. The van der Waals surface area contributed by atoms with Gasteiger partial charge in [0.05, 0.1) is 5.56 Å². The number of hydrogen-bond acceptors (Lipinski definition) is 2. The second-order valence-electron chi connectivity index (χ2n) is 7.04. The highest BCUT2D eigenvalue weighted by atomic mass is 16.5. The highest BCUT2D eigenvalue weighted by Gasteiger charge is 2.09. The monoisotopic (exact) mass is 354 g/mol. The Morgan fingerprint density at radius 2 is 1.54 bits per heavy atom. The van der Waals surface area contributed by atoms with Gasteiger partial charge in [0.25, 0.3) is 0 Å². The van der Waals surface area contributed by atoms with Crippen LogP contribution in [0.5, 0.6) is 5.75 Å². The summed E-state index contributed by atoms with van der Waals surface area (Å²) in [5, 5.41) is 0. The fourth-order valence-electron chi connectivity index (χ4n) is 2.63. The highest BCUT2D eigenvalue weighted by Crippen LogP contribution is 2.20. The summed E-state index contributed by atoms with van der Waals surface area (Å²) in [5.41, 5.74) is 4.84. The molecule has 0 spiro atoms. The largest absolute Gasteiger partial charge is 0.489 e. The maximum absolute atomic E-state index is 11.9. The molecule has 0 atom stereocenters. The second kappa shape index (κ2) is 12.3. The van der Waals surface area contributed by atoms with Gasteiger partial charge in [0.2, 0.25) is 0 Å². The molecule has 2 heteroatoms. The van der Waals surface area contributed by atoms with E-state index in [1.165, 1.54) is 16.7 Å². The van der Waals surface area contributed by atoms with E-state index in [0.717, 1.165) is 25.7 Å². The van der Waals surface area contributed by atoms with Crippen molar-refractivity contribution >= 4 is 5.78 Å². The van der Waals surface area contributed by atoms with E-state index in [0.29, 0.717) is 24.3 Å². The minimum absolute atomic E-state index is 0.120. The molecule has 2 nitrogen and oxygen atoms in total. The first-order valence-corrected chi connectivity index (χ1v) is 9.63. The lowest BCUT2D eigenvalue weighted by molar-refractivity contribution is 0.0984. The Morgan fingerprint density at radius 1 is 0.923 bits per heavy atom. The Balaban J connectivity index is 2.43. The third-order valence-corrected chi connectivity index (χ3v) is 4.30. The van der Waals surface area contributed by atoms with Gasteiger partial charge in [-0.05, 0) is 71.6 Å². The number of carbonyl (C=O) groups is 1. The minimum atomic E-state index is 0.120. The van der Waals surface area contributed by atoms with Crippen molar-refractivity contribution in [3.63, 3.8) is 0 Å². The molecule has 1 rings (SSSR count). The normalized spacial score (nSPS) is 12.0. The van der Waals surface area contributed by atoms with E-state index in [1.807, 2.05) is 31.2 Å². The van der Waals surface area contributed by atoms with Crippen LogP contribution in [-0.4, -0.2) is 12.4 Å². The lowest BCUT2D eigenvalue weighted by Crippen LogP contribution is -2.03. The zero-order valence-electron chi connectivity index (χ0n) is 17.1. The molecule has 0 heterocycles. The van der Waals surface area contributed by atoms with E-state index in [2.05, 4.69) is 45.9 Å². The predicted octanol–water partition coefficient (Wildman–Crippen LogP) is 7.08. The Bertz CT molecular complexity index is 659. The van der Waals surface area contributed by atoms with Crippen LogP contribution in [0.15, 0.2) is 59.2 Å². The molecule has 0 aliphatic rings. The third kappa shape index (κ3) is 8.84. The van der Waals surface area contributed by atoms with Crippen molar-refractivity contribution < 1.29 is 9.53 Å². The van der Waals surface area contributed by atoms with Gasteiger partial charge in [-0.25, -0.2) is 0 Å². The SMILES string of the molecule is CCC(=O)c1ccccc1OC/C=C(\C)CC/C=C(\C)CCC=C(C)C. The van der Waals surface area contributed by atoms with Crippen LogP contribution < -0.4 is 4.74 Å². The molecule has 1 aromatic carbocycles. The minimum Gasteiger partial charge on any atom is -0.489 e. The van der Waals surface area contributed by atoms with Crippen LogP contribution in [0.4, 0.5) is 0 Å². The second-order valence-corrected chi connectivity index (χ2v) is 7.04. The summed E-state index contributed by atoms with van der Waals surface area (Å²) in [6.45, 7) is 11.0. The Hall–Kier alpha value is -2.09. The predicted molar refractivity (Wildman–Crippen MR) is 112 cm³/mol. The molecule has 0 radical (unpaired) electrons. The number of rotatable bonds is 11. The molecule has 1 aromatic rings. The molecule has 0 aliphatic heterocycles. The quantitative estimate of drug-likeness (QED) is 0.313. The van der Waals surface area contributed by atoms with Crippen LogP contribution >= 0.6 is 0 Å². The molecule has 0 aliphatic carbocycles. The van der Waals surface area contributed by atoms with Crippen molar-refractivity contribution in [1.29, 1.82) is 0 Å². The fraction of sp³-hybridized carbons (Fsp3) is 0.458. The van der Waals surface area contributed by atoms with E-state index in [-0.39, 0.29) is 5.78 Å². The van der Waals surface area contributed by atoms with Crippen molar-refractivity contribution in [2.45, 2.75) is 66.7 Å². The molecule has 0 bridgehead atoms. The van der Waals surface area contributed by atoms with Crippen LogP contribution in [0, 0.1) is 0 Å². The van der Waals surface area contributed by atoms with Gasteiger partial charge in [-0.1, -0.05) is 47.9 Å². The summed E-state index contributed by atoms with van der Waals surface area (Å²) in [5.74, 6) is 0.799. The number of benzene rings is 1. The number of ketones is 1. The maximum atomic E-state index is 11.9. The van der Waals surface area contributed by atoms with Crippen molar-refractivity contribution in [2.75, 3.05) is 6.61 Å². The zero-order valence-corrected chi connectivity index (χ0v) is 17.1. The van der Waals surface area contributed by atoms with E-state index in [1.54, 1.807) is 0 Å². The summed E-state index contributed by atoms with van der Waals surface area (Å²) in [6, 6.07) is 7.48. The van der Waals surface area contributed by atoms with Gasteiger partial charge < -0.3 is 4.74 Å². The summed E-state index contributed by atoms with van der Waals surface area (Å²) in [6.07, 6.45) is 11.6. The lowest BCUT2D eigenvalue weighted by atomic mass is 10.1. The van der Waals surface area contributed by atoms with E-state index >= 15 is 0 Å². The number of ether oxygens (including phenoxy) is 1. The van der Waals surface area contributed by atoms with Gasteiger partial charge >= 0.3 is 0 Å². The van der Waals surface area contributed by atoms with Crippen molar-refractivity contribution in [2.24, 2.45) is 0 Å². The van der Waals surface area contributed by atoms with Crippen LogP contribution in [0.25, 0.3) is 0 Å². The maximum Gasteiger partial charge on any atom is 0.166 e. The molecule has 0 saturated heterocycles. The molecule has 0 saturated carbocycles. The highest BCUT2D eigenvalue weighted by molar-refractivity contribution is 5.98. The van der Waals surface area contributed by atoms with Gasteiger partial charge in [0.1, 0.15) is 12.4 Å². The molecule has 0 amide bonds. The van der Waals surface area contributed by atoms with Crippen LogP contribution in [0.2, 0.25) is 0 Å². The average Bonchev–Trinajstić information content (AvgIpc) is 2.61. The molecule has 26 heavy (non-hydrogen) atoms. The number of hydrogen-bond donors (Lipinski definition) is 0. The lowest BCUT2D eigenvalue weighted by Gasteiger charge is -2.09. The Kier molecular flexibility index (Phi) is 10.4. The van der Waals surface area contributed by atoms with E-state index < -0.39 is 0 Å². The summed E-state index contributed by atoms with van der Waals surface area (Å²) < 4.78 is 5.81. The van der Waals surface area contributed by atoms with E-state index in [4.69, 9.17) is 4.74 Å². The molecule has 0 unspecified atom stereocenters. The van der Waals surface area contributed by atoms with Crippen LogP contribution in [0.3, 0.4) is 0 Å².